The van der Waals surface area contributed by atoms with Gasteiger partial charge in [0.25, 0.3) is 0 Å². The summed E-state index contributed by atoms with van der Waals surface area (Å²) < 4.78 is 16.0. The minimum Gasteiger partial charge on any atom is -0.464 e. The van der Waals surface area contributed by atoms with Crippen molar-refractivity contribution in [2.24, 2.45) is 4.99 Å². The molecule has 0 saturated carbocycles. The Kier molecular flexibility index (Phi) is 9.62. The van der Waals surface area contributed by atoms with Crippen molar-refractivity contribution in [2.45, 2.75) is 38.8 Å². The van der Waals surface area contributed by atoms with Crippen LogP contribution in [0.4, 0.5) is 0 Å². The topological polar surface area (TPSA) is 140 Å². The second kappa shape index (κ2) is 11.7. The highest BCUT2D eigenvalue weighted by atomic mass is 28.3. The molecule has 0 aromatic carbocycles. The van der Waals surface area contributed by atoms with Crippen molar-refractivity contribution in [3.63, 3.8) is 0 Å². The molecule has 0 unspecified atom stereocenters. The van der Waals surface area contributed by atoms with Gasteiger partial charge in [0.05, 0.1) is 14.2 Å². The zero-order valence-electron chi connectivity index (χ0n) is 17.8. The van der Waals surface area contributed by atoms with Crippen molar-refractivity contribution in [3.05, 3.63) is 29.5 Å². The van der Waals surface area contributed by atoms with Crippen LogP contribution in [0.2, 0.25) is 25.7 Å². The Morgan fingerprint density at radius 3 is 2.33 bits per heavy atom. The molecule has 0 saturated heterocycles. The number of ether oxygens (including phenoxy) is 3. The first-order chi connectivity index (χ1) is 14.1. The number of hydrogen-bond donors (Lipinski definition) is 0. The second-order valence-electron chi connectivity index (χ2n) is 7.33. The molecule has 0 N–H and O–H groups in total. The van der Waals surface area contributed by atoms with Crippen LogP contribution in [0.5, 0.6) is 0 Å². The Bertz CT molecular complexity index is 915. The zero-order chi connectivity index (χ0) is 22.7. The predicted molar refractivity (Wildman–Crippen MR) is 110 cm³/mol. The van der Waals surface area contributed by atoms with Crippen LogP contribution in [0, 0.1) is 22.7 Å². The molecule has 0 bridgehead atoms. The third kappa shape index (κ3) is 7.99. The van der Waals surface area contributed by atoms with E-state index in [-0.39, 0.29) is 23.9 Å². The highest BCUT2D eigenvalue weighted by molar-refractivity contribution is 6.76. The second-order valence-corrected chi connectivity index (χ2v) is 12.9. The molecule has 1 aliphatic heterocycles. The van der Waals surface area contributed by atoms with E-state index >= 15 is 0 Å². The molecule has 1 aromatic rings. The maximum absolute atomic E-state index is 11.3. The van der Waals surface area contributed by atoms with Crippen LogP contribution in [0.25, 0.3) is 0 Å². The van der Waals surface area contributed by atoms with Crippen molar-refractivity contribution in [2.75, 3.05) is 20.8 Å². The molecule has 11 heteroatoms. The maximum Gasteiger partial charge on any atom is 0.358 e. The first-order valence-corrected chi connectivity index (χ1v) is 12.7. The molecule has 160 valence electrons. The molecule has 0 atom stereocenters. The fourth-order valence-corrected chi connectivity index (χ4v) is 2.84. The number of carbonyl (C=O) groups excluding carboxylic acids is 2. The zero-order valence-corrected chi connectivity index (χ0v) is 18.8. The van der Waals surface area contributed by atoms with Crippen molar-refractivity contribution < 1.29 is 23.8 Å². The van der Waals surface area contributed by atoms with Gasteiger partial charge < -0.3 is 14.2 Å². The number of rotatable bonds is 7. The highest BCUT2D eigenvalue weighted by Crippen LogP contribution is 2.11. The summed E-state index contributed by atoms with van der Waals surface area (Å²) in [6.07, 6.45) is 3.48. The molecule has 0 aliphatic carbocycles. The van der Waals surface area contributed by atoms with Crippen molar-refractivity contribution in [1.82, 2.24) is 9.55 Å². The van der Waals surface area contributed by atoms with E-state index in [0.717, 1.165) is 6.04 Å². The van der Waals surface area contributed by atoms with E-state index in [1.165, 1.54) is 25.0 Å². The van der Waals surface area contributed by atoms with Gasteiger partial charge in [-0.25, -0.2) is 19.6 Å². The van der Waals surface area contributed by atoms with E-state index in [1.54, 1.807) is 6.08 Å². The van der Waals surface area contributed by atoms with Gasteiger partial charge in [-0.1, -0.05) is 19.6 Å². The minimum atomic E-state index is -1.12. The van der Waals surface area contributed by atoms with Crippen LogP contribution in [0.3, 0.4) is 0 Å². The Labute approximate surface area is 176 Å². The molecular weight excluding hydrogens is 406 g/mol. The summed E-state index contributed by atoms with van der Waals surface area (Å²) in [5.74, 6) is -0.902. The number of allylic oxidation sites excluding steroid dienone is 1. The summed E-state index contributed by atoms with van der Waals surface area (Å²) in [5.41, 5.74) is 0.697. The van der Waals surface area contributed by atoms with E-state index in [0.29, 0.717) is 18.7 Å². The minimum absolute atomic E-state index is 0.118. The average molecular weight is 432 g/mol. The fourth-order valence-electron chi connectivity index (χ4n) is 2.08. The smallest absolute Gasteiger partial charge is 0.358 e. The lowest BCUT2D eigenvalue weighted by atomic mass is 10.3. The quantitative estimate of drug-likeness (QED) is 0.364. The van der Waals surface area contributed by atoms with Crippen molar-refractivity contribution >= 4 is 25.7 Å². The number of esters is 2. The molecule has 10 nitrogen and oxygen atoms in total. The van der Waals surface area contributed by atoms with Crippen LogP contribution in [0.15, 0.2) is 23.0 Å². The van der Waals surface area contributed by atoms with Gasteiger partial charge >= 0.3 is 11.9 Å². The number of methoxy groups -OCH3 is 2. The Morgan fingerprint density at radius 1 is 1.17 bits per heavy atom. The highest BCUT2D eigenvalue weighted by Gasteiger charge is 2.16. The maximum atomic E-state index is 11.3. The average Bonchev–Trinajstić information content (AvgIpc) is 3.36. The number of aliphatic imine (C=N–C) groups is 1. The Balaban J connectivity index is 0.000000346. The number of nitrogens with zero attached hydrogens (tertiary/aromatic N) is 5. The van der Waals surface area contributed by atoms with E-state index in [9.17, 15) is 9.59 Å². The predicted octanol–water partition coefficient (Wildman–Crippen LogP) is 2.27. The lowest BCUT2D eigenvalue weighted by Gasteiger charge is -2.15. The normalized spacial score (nSPS) is 12.5. The van der Waals surface area contributed by atoms with Crippen molar-refractivity contribution in [1.29, 1.82) is 10.5 Å². The molecule has 0 radical (unpaired) electrons. The third-order valence-corrected chi connectivity index (χ3v) is 5.47. The number of carbonyl (C=O) groups is 2. The molecule has 1 aromatic heterocycles. The SMILES string of the molecule is COC(=O)C1=CCC(C#N)=N1.COC(=O)c1cn(COCC[Si](C)(C)C)c(C#N)n1. The monoisotopic (exact) mass is 431 g/mol. The lowest BCUT2D eigenvalue weighted by Crippen LogP contribution is -2.22. The van der Waals surface area contributed by atoms with Gasteiger partial charge in [-0.05, 0) is 12.1 Å². The van der Waals surface area contributed by atoms with Crippen LogP contribution < -0.4 is 0 Å². The molecule has 0 spiro atoms. The third-order valence-electron chi connectivity index (χ3n) is 3.77. The fraction of sp³-hybridized carbons (Fsp3) is 0.474. The van der Waals surface area contributed by atoms with Gasteiger partial charge in [0.15, 0.2) is 5.69 Å². The molecule has 0 fully saturated rings. The van der Waals surface area contributed by atoms with Gasteiger partial charge in [-0.3, -0.25) is 4.57 Å². The summed E-state index contributed by atoms with van der Waals surface area (Å²) >= 11 is 0. The Morgan fingerprint density at radius 2 is 1.83 bits per heavy atom. The molecule has 1 aliphatic rings. The molecule has 30 heavy (non-hydrogen) atoms. The number of aromatic nitrogens is 2. The van der Waals surface area contributed by atoms with Crippen LogP contribution in [-0.2, 0) is 25.7 Å². The molecule has 2 heterocycles. The van der Waals surface area contributed by atoms with Crippen LogP contribution in [-0.4, -0.2) is 56.1 Å². The van der Waals surface area contributed by atoms with Crippen LogP contribution in [0.1, 0.15) is 22.7 Å². The van der Waals surface area contributed by atoms with Gasteiger partial charge in [0.1, 0.15) is 30.3 Å². The Hall–Kier alpha value is -3.28. The van der Waals surface area contributed by atoms with Gasteiger partial charge in [-0.2, -0.15) is 10.5 Å². The molecule has 2 rings (SSSR count). The van der Waals surface area contributed by atoms with E-state index in [4.69, 9.17) is 15.3 Å². The van der Waals surface area contributed by atoms with E-state index in [1.807, 2.05) is 12.1 Å². The van der Waals surface area contributed by atoms with Crippen LogP contribution >= 0.6 is 0 Å². The first kappa shape index (κ1) is 24.8. The lowest BCUT2D eigenvalue weighted by molar-refractivity contribution is -0.136. The van der Waals surface area contributed by atoms with Crippen molar-refractivity contribution in [3.8, 4) is 12.1 Å². The molecule has 0 amide bonds. The van der Waals surface area contributed by atoms with Gasteiger partial charge in [-0.15, -0.1) is 0 Å². The number of nitriles is 2. The summed E-state index contributed by atoms with van der Waals surface area (Å²) in [7, 11) is 1.43. The van der Waals surface area contributed by atoms with Gasteiger partial charge in [0.2, 0.25) is 5.82 Å². The first-order valence-electron chi connectivity index (χ1n) is 9.04. The van der Waals surface area contributed by atoms with E-state index < -0.39 is 20.0 Å². The summed E-state index contributed by atoms with van der Waals surface area (Å²) in [4.78, 5) is 29.7. The largest absolute Gasteiger partial charge is 0.464 e. The number of imidazole rings is 1. The summed E-state index contributed by atoms with van der Waals surface area (Å²) in [6.45, 7) is 7.67. The molecular formula is C19H25N5O5Si. The van der Waals surface area contributed by atoms with E-state index in [2.05, 4.69) is 39.1 Å². The standard InChI is InChI=1S/C12H19N3O3Si.C7H6N2O2/c1-17-12(16)10-8-15(11(7-13)14-10)9-18-5-6-19(2,3)4;1-11-7(10)6-3-2-5(4-8)9-6/h8H,5-6,9H2,1-4H3;3H,2H2,1H3. The van der Waals surface area contributed by atoms with Gasteiger partial charge in [0, 0.05) is 27.3 Å². The summed E-state index contributed by atoms with van der Waals surface area (Å²) in [5, 5.41) is 17.3. The number of hydrogen-bond acceptors (Lipinski definition) is 9. The summed E-state index contributed by atoms with van der Waals surface area (Å²) in [6, 6.07) is 4.84.